The fourth-order valence-corrected chi connectivity index (χ4v) is 3.51. The number of anilines is 1. The number of methoxy groups -OCH3 is 1. The van der Waals surface area contributed by atoms with E-state index in [0.29, 0.717) is 0 Å². The molecule has 146 valence electrons. The number of hydrazone groups is 1. The highest BCUT2D eigenvalue weighted by molar-refractivity contribution is 5.98. The van der Waals surface area contributed by atoms with Gasteiger partial charge in [0.05, 0.1) is 7.11 Å². The first kappa shape index (κ1) is 20.6. The summed E-state index contributed by atoms with van der Waals surface area (Å²) in [6, 6.07) is 8.20. The van der Waals surface area contributed by atoms with Gasteiger partial charge in [-0.3, -0.25) is 5.43 Å². The molecule has 1 aliphatic heterocycles. The van der Waals surface area contributed by atoms with Crippen molar-refractivity contribution in [2.45, 2.75) is 84.0 Å². The van der Waals surface area contributed by atoms with Crippen LogP contribution >= 0.6 is 0 Å². The minimum Gasteiger partial charge on any atom is -0.497 e. The average molecular weight is 360 g/mol. The summed E-state index contributed by atoms with van der Waals surface area (Å²) in [6.07, 6.45) is 16.2. The monoisotopic (exact) mass is 359 g/mol. The van der Waals surface area contributed by atoms with Crippen LogP contribution in [0, 0.1) is 0 Å². The Bertz CT molecular complexity index is 530. The molecule has 0 saturated heterocycles. The Morgan fingerprint density at radius 1 is 0.962 bits per heavy atom. The first-order valence-corrected chi connectivity index (χ1v) is 10.6. The molecule has 0 atom stereocenters. The van der Waals surface area contributed by atoms with Gasteiger partial charge >= 0.3 is 0 Å². The van der Waals surface area contributed by atoms with Crippen molar-refractivity contribution in [3.8, 4) is 5.75 Å². The van der Waals surface area contributed by atoms with E-state index in [-0.39, 0.29) is 0 Å². The van der Waals surface area contributed by atoms with E-state index in [4.69, 9.17) is 4.74 Å². The minimum absolute atomic E-state index is 0.751. The summed E-state index contributed by atoms with van der Waals surface area (Å²) >= 11 is 0. The molecule has 26 heavy (non-hydrogen) atoms. The first-order chi connectivity index (χ1) is 12.8. The number of nitrogens with zero attached hydrogens (tertiary/aromatic N) is 2. The summed E-state index contributed by atoms with van der Waals surface area (Å²) in [4.78, 5) is 2.25. The largest absolute Gasteiger partial charge is 0.497 e. The van der Waals surface area contributed by atoms with Crippen LogP contribution in [0.1, 0.15) is 84.0 Å². The van der Waals surface area contributed by atoms with E-state index in [1.54, 1.807) is 7.11 Å². The molecule has 2 rings (SSSR count). The number of hydrogen-bond acceptors (Lipinski definition) is 4. The van der Waals surface area contributed by atoms with Crippen molar-refractivity contribution in [2.75, 3.05) is 18.7 Å². The summed E-state index contributed by atoms with van der Waals surface area (Å²) in [5.74, 6) is 2.04. The average Bonchev–Trinajstić information content (AvgIpc) is 3.14. The smallest absolute Gasteiger partial charge is 0.130 e. The summed E-state index contributed by atoms with van der Waals surface area (Å²) < 4.78 is 5.34. The molecule has 1 aromatic carbocycles. The van der Waals surface area contributed by atoms with Crippen LogP contribution in [0.3, 0.4) is 0 Å². The summed E-state index contributed by atoms with van der Waals surface area (Å²) in [5, 5.41) is 4.48. The fourth-order valence-electron chi connectivity index (χ4n) is 3.51. The number of nitrogens with one attached hydrogen (secondary N) is 1. The van der Waals surface area contributed by atoms with Gasteiger partial charge in [0.1, 0.15) is 18.3 Å². The van der Waals surface area contributed by atoms with E-state index in [2.05, 4.69) is 34.5 Å². The molecular weight excluding hydrogens is 322 g/mol. The van der Waals surface area contributed by atoms with Crippen molar-refractivity contribution in [3.63, 3.8) is 0 Å². The van der Waals surface area contributed by atoms with E-state index < -0.39 is 0 Å². The van der Waals surface area contributed by atoms with Crippen molar-refractivity contribution >= 4 is 11.5 Å². The van der Waals surface area contributed by atoms with E-state index in [1.165, 1.54) is 70.6 Å². The molecule has 4 heteroatoms. The number of rotatable bonds is 14. The van der Waals surface area contributed by atoms with Crippen molar-refractivity contribution in [2.24, 2.45) is 5.10 Å². The minimum atomic E-state index is 0.751. The van der Waals surface area contributed by atoms with Gasteiger partial charge in [-0.05, 0) is 18.6 Å². The molecule has 1 N–H and O–H groups in total. The lowest BCUT2D eigenvalue weighted by Crippen LogP contribution is -2.29. The second kappa shape index (κ2) is 12.6. The van der Waals surface area contributed by atoms with E-state index in [1.807, 2.05) is 12.1 Å². The van der Waals surface area contributed by atoms with Crippen LogP contribution in [0.2, 0.25) is 0 Å². The standard InChI is InChI=1S/C22H37N3O/c1-3-4-5-6-7-8-9-10-11-12-13-17-22-24-23-19-25(22)20-15-14-16-21(18-20)26-2/h14-16,18,23H,3-13,17,19H2,1-2H3. The molecule has 1 heterocycles. The quantitative estimate of drug-likeness (QED) is 0.409. The van der Waals surface area contributed by atoms with Crippen LogP contribution in [0.4, 0.5) is 5.69 Å². The van der Waals surface area contributed by atoms with Crippen LogP contribution < -0.4 is 15.1 Å². The molecule has 0 aliphatic carbocycles. The van der Waals surface area contributed by atoms with Gasteiger partial charge in [0.25, 0.3) is 0 Å². The summed E-state index contributed by atoms with van der Waals surface area (Å²) in [6.45, 7) is 3.03. The fraction of sp³-hybridized carbons (Fsp3) is 0.682. The maximum atomic E-state index is 5.34. The van der Waals surface area contributed by atoms with Crippen LogP contribution in [0.5, 0.6) is 5.75 Å². The lowest BCUT2D eigenvalue weighted by atomic mass is 10.0. The van der Waals surface area contributed by atoms with Gasteiger partial charge in [0.2, 0.25) is 0 Å². The van der Waals surface area contributed by atoms with Crippen molar-refractivity contribution in [3.05, 3.63) is 24.3 Å². The topological polar surface area (TPSA) is 36.9 Å². The highest BCUT2D eigenvalue weighted by atomic mass is 16.5. The third-order valence-electron chi connectivity index (χ3n) is 5.12. The van der Waals surface area contributed by atoms with Crippen LogP contribution in [0.25, 0.3) is 0 Å². The molecule has 0 amide bonds. The molecule has 1 aliphatic rings. The molecule has 0 radical (unpaired) electrons. The zero-order chi connectivity index (χ0) is 18.5. The molecule has 0 saturated carbocycles. The SMILES string of the molecule is CCCCCCCCCCCCCC1=NNCN1c1cccc(OC)c1. The van der Waals surface area contributed by atoms with Gasteiger partial charge in [0.15, 0.2) is 0 Å². The van der Waals surface area contributed by atoms with Crippen molar-refractivity contribution in [1.82, 2.24) is 5.43 Å². The number of hydrogen-bond donors (Lipinski definition) is 1. The Morgan fingerprint density at radius 2 is 1.62 bits per heavy atom. The molecule has 0 fully saturated rings. The van der Waals surface area contributed by atoms with Gasteiger partial charge in [-0.2, -0.15) is 5.10 Å². The Kier molecular flexibility index (Phi) is 9.99. The second-order valence-electron chi connectivity index (χ2n) is 7.26. The number of amidine groups is 1. The lowest BCUT2D eigenvalue weighted by Gasteiger charge is -2.19. The molecular formula is C22H37N3O. The third-order valence-corrected chi connectivity index (χ3v) is 5.12. The zero-order valence-corrected chi connectivity index (χ0v) is 16.8. The lowest BCUT2D eigenvalue weighted by molar-refractivity contribution is 0.415. The Balaban J connectivity index is 1.56. The molecule has 0 spiro atoms. The van der Waals surface area contributed by atoms with Gasteiger partial charge in [-0.25, -0.2) is 0 Å². The second-order valence-corrected chi connectivity index (χ2v) is 7.26. The van der Waals surface area contributed by atoms with Gasteiger partial charge in [-0.15, -0.1) is 0 Å². The summed E-state index contributed by atoms with van der Waals surface area (Å²) in [5.41, 5.74) is 4.27. The normalized spacial score (nSPS) is 13.6. The number of unbranched alkanes of at least 4 members (excludes halogenated alkanes) is 10. The predicted molar refractivity (Wildman–Crippen MR) is 112 cm³/mol. The first-order valence-electron chi connectivity index (χ1n) is 10.6. The highest BCUT2D eigenvalue weighted by Crippen LogP contribution is 2.23. The van der Waals surface area contributed by atoms with Gasteiger partial charge in [-0.1, -0.05) is 77.2 Å². The van der Waals surface area contributed by atoms with E-state index in [9.17, 15) is 0 Å². The number of benzene rings is 1. The highest BCUT2D eigenvalue weighted by Gasteiger charge is 2.18. The van der Waals surface area contributed by atoms with Gasteiger partial charge < -0.3 is 9.64 Å². The maximum Gasteiger partial charge on any atom is 0.130 e. The molecule has 0 bridgehead atoms. The molecule has 0 unspecified atom stereocenters. The van der Waals surface area contributed by atoms with E-state index in [0.717, 1.165) is 30.4 Å². The molecule has 1 aromatic rings. The molecule has 0 aromatic heterocycles. The number of ether oxygens (including phenoxy) is 1. The van der Waals surface area contributed by atoms with Crippen molar-refractivity contribution < 1.29 is 4.74 Å². The van der Waals surface area contributed by atoms with E-state index >= 15 is 0 Å². The van der Waals surface area contributed by atoms with Crippen LogP contribution in [-0.4, -0.2) is 19.6 Å². The summed E-state index contributed by atoms with van der Waals surface area (Å²) in [7, 11) is 1.71. The Labute approximate surface area is 160 Å². The predicted octanol–water partition coefficient (Wildman–Crippen LogP) is 6.08. The third kappa shape index (κ3) is 7.27. The maximum absolute atomic E-state index is 5.34. The van der Waals surface area contributed by atoms with Crippen molar-refractivity contribution in [1.29, 1.82) is 0 Å². The van der Waals surface area contributed by atoms with Gasteiger partial charge in [0, 0.05) is 18.2 Å². The Hall–Kier alpha value is -1.71. The van der Waals surface area contributed by atoms with Crippen LogP contribution in [-0.2, 0) is 0 Å². The zero-order valence-electron chi connectivity index (χ0n) is 16.8. The molecule has 4 nitrogen and oxygen atoms in total. The Morgan fingerprint density at radius 3 is 2.27 bits per heavy atom. The van der Waals surface area contributed by atoms with Crippen LogP contribution in [0.15, 0.2) is 29.4 Å².